The minimum atomic E-state index is -2.80. The summed E-state index contributed by atoms with van der Waals surface area (Å²) in [6, 6.07) is 6.33. The standard InChI is InChI=1S/C16H14F2N4O3/c17-14(18)21-7-6-19-12(21)9-22-13(23)16(20-15(22)24)5-8-25-11-4-2-1-3-10(11)16/h1-4,6-7,14H,5,8-9H2,(H,20,24). The van der Waals surface area contributed by atoms with Gasteiger partial charge in [-0.2, -0.15) is 8.78 Å². The highest BCUT2D eigenvalue weighted by molar-refractivity contribution is 6.07. The van der Waals surface area contributed by atoms with E-state index in [0.717, 1.165) is 11.1 Å². The Hall–Kier alpha value is -2.97. The lowest BCUT2D eigenvalue weighted by Crippen LogP contribution is -2.47. The van der Waals surface area contributed by atoms with Gasteiger partial charge < -0.3 is 10.1 Å². The van der Waals surface area contributed by atoms with Gasteiger partial charge in [-0.3, -0.25) is 14.3 Å². The quantitative estimate of drug-likeness (QED) is 0.861. The van der Waals surface area contributed by atoms with E-state index in [0.29, 0.717) is 15.9 Å². The van der Waals surface area contributed by atoms with Crippen LogP contribution in [0.25, 0.3) is 0 Å². The van der Waals surface area contributed by atoms with E-state index in [1.165, 1.54) is 6.20 Å². The number of amides is 3. The smallest absolute Gasteiger partial charge is 0.325 e. The van der Waals surface area contributed by atoms with Crippen LogP contribution in [0.2, 0.25) is 0 Å². The summed E-state index contributed by atoms with van der Waals surface area (Å²) in [6.07, 6.45) is 2.59. The number of para-hydroxylation sites is 1. The van der Waals surface area contributed by atoms with Gasteiger partial charge in [-0.1, -0.05) is 18.2 Å². The average Bonchev–Trinajstić information content (AvgIpc) is 3.15. The zero-order valence-electron chi connectivity index (χ0n) is 13.0. The Labute approximate surface area is 141 Å². The molecule has 7 nitrogen and oxygen atoms in total. The van der Waals surface area contributed by atoms with Crippen LogP contribution in [0.5, 0.6) is 5.75 Å². The number of alkyl halides is 2. The van der Waals surface area contributed by atoms with Gasteiger partial charge in [0.15, 0.2) is 5.54 Å². The van der Waals surface area contributed by atoms with Crippen molar-refractivity contribution in [3.63, 3.8) is 0 Å². The van der Waals surface area contributed by atoms with Crippen LogP contribution in [0.3, 0.4) is 0 Å². The van der Waals surface area contributed by atoms with E-state index >= 15 is 0 Å². The number of aromatic nitrogens is 2. The highest BCUT2D eigenvalue weighted by Gasteiger charge is 2.55. The lowest BCUT2D eigenvalue weighted by Gasteiger charge is -2.33. The summed E-state index contributed by atoms with van der Waals surface area (Å²) >= 11 is 0. The Balaban J connectivity index is 1.69. The number of hydrogen-bond acceptors (Lipinski definition) is 4. The number of carbonyl (C=O) groups excluding carboxylic acids is 2. The van der Waals surface area contributed by atoms with E-state index in [1.54, 1.807) is 24.3 Å². The van der Waals surface area contributed by atoms with Crippen molar-refractivity contribution < 1.29 is 23.1 Å². The van der Waals surface area contributed by atoms with Gasteiger partial charge in [-0.25, -0.2) is 9.78 Å². The predicted octanol–water partition coefficient (Wildman–Crippen LogP) is 2.01. The fourth-order valence-corrected chi connectivity index (χ4v) is 3.30. The van der Waals surface area contributed by atoms with Crippen molar-refractivity contribution in [2.75, 3.05) is 6.61 Å². The zero-order chi connectivity index (χ0) is 17.6. The number of nitrogens with one attached hydrogen (secondary N) is 1. The molecule has 2 aliphatic heterocycles. The highest BCUT2D eigenvalue weighted by atomic mass is 19.3. The van der Waals surface area contributed by atoms with Crippen molar-refractivity contribution in [3.05, 3.63) is 48.0 Å². The molecule has 25 heavy (non-hydrogen) atoms. The van der Waals surface area contributed by atoms with Crippen LogP contribution in [0.15, 0.2) is 36.7 Å². The second kappa shape index (κ2) is 5.54. The molecule has 1 aromatic heterocycles. The first-order chi connectivity index (χ1) is 12.0. The van der Waals surface area contributed by atoms with Crippen molar-refractivity contribution in [3.8, 4) is 5.75 Å². The molecule has 0 radical (unpaired) electrons. The molecule has 9 heteroatoms. The normalized spacial score (nSPS) is 22.3. The van der Waals surface area contributed by atoms with Gasteiger partial charge in [0.2, 0.25) is 0 Å². The maximum atomic E-state index is 13.0. The number of nitrogens with zero attached hydrogens (tertiary/aromatic N) is 3. The average molecular weight is 348 g/mol. The molecule has 3 heterocycles. The van der Waals surface area contributed by atoms with E-state index < -0.39 is 24.0 Å². The van der Waals surface area contributed by atoms with E-state index in [4.69, 9.17) is 4.74 Å². The second-order valence-electron chi connectivity index (χ2n) is 5.85. The van der Waals surface area contributed by atoms with E-state index in [9.17, 15) is 18.4 Å². The lowest BCUT2D eigenvalue weighted by atomic mass is 9.84. The summed E-state index contributed by atoms with van der Waals surface area (Å²) in [4.78, 5) is 30.2. The number of carbonyl (C=O) groups is 2. The summed E-state index contributed by atoms with van der Waals surface area (Å²) in [5.74, 6) is -0.0220. The van der Waals surface area contributed by atoms with E-state index in [-0.39, 0.29) is 25.4 Å². The van der Waals surface area contributed by atoms with Crippen LogP contribution in [-0.4, -0.2) is 33.0 Å². The number of hydrogen-bond donors (Lipinski definition) is 1. The van der Waals surface area contributed by atoms with Crippen LogP contribution >= 0.6 is 0 Å². The Morgan fingerprint density at radius 1 is 1.32 bits per heavy atom. The third kappa shape index (κ3) is 2.26. The SMILES string of the molecule is O=C1NC2(CCOc3ccccc32)C(=O)N1Cc1nccn1C(F)F. The number of benzene rings is 1. The van der Waals surface area contributed by atoms with Gasteiger partial charge in [-0.15, -0.1) is 0 Å². The fourth-order valence-electron chi connectivity index (χ4n) is 3.30. The first-order valence-corrected chi connectivity index (χ1v) is 7.69. The summed E-state index contributed by atoms with van der Waals surface area (Å²) in [5.41, 5.74) is -0.659. The van der Waals surface area contributed by atoms with Crippen molar-refractivity contribution in [1.82, 2.24) is 19.8 Å². The molecule has 1 atom stereocenters. The molecule has 0 aliphatic carbocycles. The number of imidazole rings is 1. The predicted molar refractivity (Wildman–Crippen MR) is 80.8 cm³/mol. The third-order valence-corrected chi connectivity index (χ3v) is 4.52. The first-order valence-electron chi connectivity index (χ1n) is 7.69. The molecule has 2 aromatic rings. The molecule has 130 valence electrons. The Bertz CT molecular complexity index is 853. The Morgan fingerprint density at radius 3 is 2.92 bits per heavy atom. The fraction of sp³-hybridized carbons (Fsp3) is 0.312. The summed E-state index contributed by atoms with van der Waals surface area (Å²) in [7, 11) is 0. The number of fused-ring (bicyclic) bond motifs is 2. The second-order valence-corrected chi connectivity index (χ2v) is 5.85. The molecule has 1 N–H and O–H groups in total. The topological polar surface area (TPSA) is 76.5 Å². The molecule has 0 bridgehead atoms. The van der Waals surface area contributed by atoms with E-state index in [2.05, 4.69) is 10.3 Å². The maximum Gasteiger partial charge on any atom is 0.325 e. The summed E-state index contributed by atoms with van der Waals surface area (Å²) in [5, 5.41) is 2.72. The summed E-state index contributed by atoms with van der Waals surface area (Å²) < 4.78 is 32.1. The number of urea groups is 1. The minimum Gasteiger partial charge on any atom is -0.493 e. The molecular formula is C16H14F2N4O3. The van der Waals surface area contributed by atoms with E-state index in [1.807, 2.05) is 0 Å². The minimum absolute atomic E-state index is 0.0594. The van der Waals surface area contributed by atoms with Gasteiger partial charge >= 0.3 is 12.6 Å². The molecule has 1 unspecified atom stereocenters. The van der Waals surface area contributed by atoms with Gasteiger partial charge in [0.25, 0.3) is 5.91 Å². The van der Waals surface area contributed by atoms with Crippen molar-refractivity contribution in [1.29, 1.82) is 0 Å². The largest absolute Gasteiger partial charge is 0.493 e. The number of imide groups is 1. The van der Waals surface area contributed by atoms with Crippen molar-refractivity contribution in [2.45, 2.75) is 25.1 Å². The Morgan fingerprint density at radius 2 is 2.12 bits per heavy atom. The number of ether oxygens (including phenoxy) is 1. The molecule has 3 amide bonds. The van der Waals surface area contributed by atoms with Gasteiger partial charge in [-0.05, 0) is 6.07 Å². The monoisotopic (exact) mass is 348 g/mol. The van der Waals surface area contributed by atoms with Crippen LogP contribution < -0.4 is 10.1 Å². The van der Waals surface area contributed by atoms with Crippen LogP contribution in [-0.2, 0) is 16.9 Å². The highest BCUT2D eigenvalue weighted by Crippen LogP contribution is 2.41. The third-order valence-electron chi connectivity index (χ3n) is 4.52. The lowest BCUT2D eigenvalue weighted by molar-refractivity contribution is -0.133. The molecule has 1 spiro atoms. The summed E-state index contributed by atoms with van der Waals surface area (Å²) in [6.45, 7) is -2.86. The first kappa shape index (κ1) is 15.6. The number of rotatable bonds is 3. The van der Waals surface area contributed by atoms with Crippen LogP contribution in [0, 0.1) is 0 Å². The number of halogens is 2. The maximum absolute atomic E-state index is 13.0. The van der Waals surface area contributed by atoms with Crippen LogP contribution in [0.4, 0.5) is 13.6 Å². The van der Waals surface area contributed by atoms with Crippen LogP contribution in [0.1, 0.15) is 24.4 Å². The van der Waals surface area contributed by atoms with Gasteiger partial charge in [0.1, 0.15) is 11.6 Å². The zero-order valence-corrected chi connectivity index (χ0v) is 13.0. The van der Waals surface area contributed by atoms with Gasteiger partial charge in [0, 0.05) is 24.4 Å². The van der Waals surface area contributed by atoms with Crippen molar-refractivity contribution >= 4 is 11.9 Å². The Kier molecular flexibility index (Phi) is 3.45. The molecule has 0 saturated carbocycles. The van der Waals surface area contributed by atoms with Crippen molar-refractivity contribution in [2.24, 2.45) is 0 Å². The molecule has 2 aliphatic rings. The van der Waals surface area contributed by atoms with Gasteiger partial charge in [0.05, 0.1) is 13.2 Å². The molecular weight excluding hydrogens is 334 g/mol. The molecule has 1 fully saturated rings. The molecule has 4 rings (SSSR count). The molecule has 1 saturated heterocycles. The molecule has 1 aromatic carbocycles.